The Kier molecular flexibility index (Phi) is 5.47. The van der Waals surface area contributed by atoms with Crippen molar-refractivity contribution in [3.63, 3.8) is 0 Å². The summed E-state index contributed by atoms with van der Waals surface area (Å²) in [5, 5.41) is 7.67. The van der Waals surface area contributed by atoms with E-state index < -0.39 is 11.7 Å². The summed E-state index contributed by atoms with van der Waals surface area (Å²) in [5.41, 5.74) is 1.23. The highest BCUT2D eigenvalue weighted by molar-refractivity contribution is 7.20. The largest absolute Gasteiger partial charge is 0.493 e. The summed E-state index contributed by atoms with van der Waals surface area (Å²) in [4.78, 5) is 17.3. The maximum Gasteiger partial charge on any atom is 0.257 e. The summed E-state index contributed by atoms with van der Waals surface area (Å²) in [6, 6.07) is 9.57. The second-order valence-corrected chi connectivity index (χ2v) is 7.54. The van der Waals surface area contributed by atoms with Crippen molar-refractivity contribution in [1.29, 1.82) is 0 Å². The van der Waals surface area contributed by atoms with Crippen molar-refractivity contribution in [2.24, 2.45) is 0 Å². The Hall–Kier alpha value is -3.66. The van der Waals surface area contributed by atoms with Gasteiger partial charge in [0.1, 0.15) is 17.2 Å². The van der Waals surface area contributed by atoms with Crippen LogP contribution in [0.2, 0.25) is 0 Å². The lowest BCUT2D eigenvalue weighted by Gasteiger charge is -2.14. The van der Waals surface area contributed by atoms with Crippen LogP contribution in [0.1, 0.15) is 16.1 Å². The molecule has 0 aliphatic rings. The van der Waals surface area contributed by atoms with Crippen LogP contribution in [0.15, 0.2) is 36.4 Å². The van der Waals surface area contributed by atoms with Crippen LogP contribution >= 0.6 is 11.3 Å². The highest BCUT2D eigenvalue weighted by Gasteiger charge is 2.20. The molecule has 0 aliphatic heterocycles. The monoisotopic (exact) mass is 442 g/mol. The molecule has 0 saturated carbocycles. The van der Waals surface area contributed by atoms with Crippen molar-refractivity contribution in [2.75, 3.05) is 26.6 Å². The molecule has 0 unspecified atom stereocenters. The number of aryl methyl sites for hydroxylation is 1. The lowest BCUT2D eigenvalue weighted by Crippen LogP contribution is -2.15. The van der Waals surface area contributed by atoms with Gasteiger partial charge in [-0.2, -0.15) is 9.78 Å². The first-order valence-electron chi connectivity index (χ1n) is 9.18. The molecule has 0 saturated heterocycles. The number of hydrogen-bond donors (Lipinski definition) is 1. The molecule has 4 rings (SSSR count). The van der Waals surface area contributed by atoms with Crippen molar-refractivity contribution in [3.8, 4) is 22.4 Å². The molecule has 2 aromatic carbocycles. The fraction of sp³-hybridized carbons (Fsp3) is 0.190. The normalized spacial score (nSPS) is 10.9. The van der Waals surface area contributed by atoms with E-state index in [-0.39, 0.29) is 5.52 Å². The van der Waals surface area contributed by atoms with E-state index in [2.05, 4.69) is 15.4 Å². The van der Waals surface area contributed by atoms with Crippen molar-refractivity contribution in [3.05, 3.63) is 53.5 Å². The van der Waals surface area contributed by atoms with Gasteiger partial charge in [-0.25, -0.2) is 9.37 Å². The molecule has 4 aromatic rings. The zero-order valence-electron chi connectivity index (χ0n) is 17.2. The number of ether oxygens (including phenoxy) is 3. The quantitative estimate of drug-likeness (QED) is 0.481. The third-order valence-corrected chi connectivity index (χ3v) is 5.54. The van der Waals surface area contributed by atoms with E-state index in [4.69, 9.17) is 14.2 Å². The van der Waals surface area contributed by atoms with E-state index in [1.54, 1.807) is 37.3 Å². The molecule has 10 heteroatoms. The fourth-order valence-electron chi connectivity index (χ4n) is 3.13. The Labute approximate surface area is 181 Å². The standard InChI is InChI=1S/C21H19FN4O4S/c1-11-8-17(26(25-11)21-24-18-13(22)6-5-7-16(18)31-21)23-20(27)12-9-14(28-2)19(30-4)15(10-12)29-3/h5-10H,1-4H3,(H,23,27). The van der Waals surface area contributed by atoms with Crippen LogP contribution in [0.4, 0.5) is 10.2 Å². The van der Waals surface area contributed by atoms with Gasteiger partial charge in [0.15, 0.2) is 11.5 Å². The fourth-order valence-corrected chi connectivity index (χ4v) is 4.07. The molecule has 0 aliphatic carbocycles. The number of halogens is 1. The molecule has 1 N–H and O–H groups in total. The first-order valence-corrected chi connectivity index (χ1v) is 10.00. The summed E-state index contributed by atoms with van der Waals surface area (Å²) in [5.74, 6) is 0.686. The molecular formula is C21H19FN4O4S. The second kappa shape index (κ2) is 8.23. The van der Waals surface area contributed by atoms with E-state index in [1.165, 1.54) is 43.4 Å². The van der Waals surface area contributed by atoms with Crippen molar-refractivity contribution in [1.82, 2.24) is 14.8 Å². The number of rotatable bonds is 6. The number of nitrogens with zero attached hydrogens (tertiary/aromatic N) is 3. The van der Waals surface area contributed by atoms with Gasteiger partial charge < -0.3 is 19.5 Å². The Morgan fingerprint density at radius 3 is 2.42 bits per heavy atom. The SMILES string of the molecule is COc1cc(C(=O)Nc2cc(C)nn2-c2nc3c(F)cccc3s2)cc(OC)c1OC. The molecule has 2 heterocycles. The topological polar surface area (TPSA) is 87.5 Å². The van der Waals surface area contributed by atoms with Crippen LogP contribution in [-0.4, -0.2) is 42.0 Å². The molecular weight excluding hydrogens is 423 g/mol. The lowest BCUT2D eigenvalue weighted by atomic mass is 10.1. The van der Waals surface area contributed by atoms with E-state index in [9.17, 15) is 9.18 Å². The van der Waals surface area contributed by atoms with Gasteiger partial charge in [0.05, 0.1) is 31.7 Å². The van der Waals surface area contributed by atoms with Gasteiger partial charge in [-0.05, 0) is 31.2 Å². The Morgan fingerprint density at radius 2 is 1.81 bits per heavy atom. The Balaban J connectivity index is 1.71. The van der Waals surface area contributed by atoms with Gasteiger partial charge in [0.25, 0.3) is 5.91 Å². The van der Waals surface area contributed by atoms with E-state index in [1.807, 2.05) is 0 Å². The summed E-state index contributed by atoms with van der Waals surface area (Å²) < 4.78 is 32.2. The molecule has 0 fully saturated rings. The predicted octanol–water partition coefficient (Wildman–Crippen LogP) is 4.21. The number of thiazole rings is 1. The molecule has 0 radical (unpaired) electrons. The highest BCUT2D eigenvalue weighted by atomic mass is 32.1. The zero-order chi connectivity index (χ0) is 22.1. The number of carbonyl (C=O) groups excluding carboxylic acids is 1. The number of amides is 1. The highest BCUT2D eigenvalue weighted by Crippen LogP contribution is 2.38. The Bertz CT molecular complexity index is 1260. The van der Waals surface area contributed by atoms with Gasteiger partial charge in [-0.15, -0.1) is 0 Å². The smallest absolute Gasteiger partial charge is 0.257 e. The van der Waals surface area contributed by atoms with Gasteiger partial charge in [-0.3, -0.25) is 4.79 Å². The molecule has 0 spiro atoms. The summed E-state index contributed by atoms with van der Waals surface area (Å²) >= 11 is 1.27. The number of para-hydroxylation sites is 1. The van der Waals surface area contributed by atoms with Crippen LogP contribution in [-0.2, 0) is 0 Å². The van der Waals surface area contributed by atoms with Gasteiger partial charge in [-0.1, -0.05) is 17.4 Å². The summed E-state index contributed by atoms with van der Waals surface area (Å²) in [6.45, 7) is 1.79. The van der Waals surface area contributed by atoms with E-state index in [0.29, 0.717) is 44.2 Å². The number of fused-ring (bicyclic) bond motifs is 1. The average Bonchev–Trinajstić information content (AvgIpc) is 3.36. The molecule has 160 valence electrons. The van der Waals surface area contributed by atoms with Crippen molar-refractivity contribution in [2.45, 2.75) is 6.92 Å². The number of aromatic nitrogens is 3. The average molecular weight is 442 g/mol. The molecule has 31 heavy (non-hydrogen) atoms. The van der Waals surface area contributed by atoms with Crippen molar-refractivity contribution < 1.29 is 23.4 Å². The minimum Gasteiger partial charge on any atom is -0.493 e. The number of hydrogen-bond acceptors (Lipinski definition) is 7. The molecule has 8 nitrogen and oxygen atoms in total. The first-order chi connectivity index (χ1) is 14.9. The van der Waals surface area contributed by atoms with Crippen LogP contribution in [0.25, 0.3) is 15.3 Å². The molecule has 0 atom stereocenters. The molecule has 1 amide bonds. The van der Waals surface area contributed by atoms with Crippen LogP contribution in [0.5, 0.6) is 17.2 Å². The molecule has 0 bridgehead atoms. The number of anilines is 1. The van der Waals surface area contributed by atoms with Crippen LogP contribution in [0, 0.1) is 12.7 Å². The summed E-state index contributed by atoms with van der Waals surface area (Å²) in [6.07, 6.45) is 0. The van der Waals surface area contributed by atoms with Gasteiger partial charge in [0.2, 0.25) is 10.9 Å². The van der Waals surface area contributed by atoms with E-state index in [0.717, 1.165) is 0 Å². The predicted molar refractivity (Wildman–Crippen MR) is 115 cm³/mol. The molecule has 2 aromatic heterocycles. The minimum atomic E-state index is -0.410. The maximum absolute atomic E-state index is 14.1. The first kappa shape index (κ1) is 20.6. The lowest BCUT2D eigenvalue weighted by molar-refractivity contribution is 0.102. The third-order valence-electron chi connectivity index (χ3n) is 4.54. The third kappa shape index (κ3) is 3.77. The summed E-state index contributed by atoms with van der Waals surface area (Å²) in [7, 11) is 4.44. The number of methoxy groups -OCH3 is 3. The number of carbonyl (C=O) groups is 1. The number of benzene rings is 2. The van der Waals surface area contributed by atoms with Gasteiger partial charge >= 0.3 is 0 Å². The van der Waals surface area contributed by atoms with Crippen LogP contribution in [0.3, 0.4) is 0 Å². The number of nitrogens with one attached hydrogen (secondary N) is 1. The second-order valence-electron chi connectivity index (χ2n) is 6.53. The Morgan fingerprint density at radius 1 is 1.10 bits per heavy atom. The zero-order valence-corrected chi connectivity index (χ0v) is 18.0. The van der Waals surface area contributed by atoms with E-state index >= 15 is 0 Å². The van der Waals surface area contributed by atoms with Gasteiger partial charge in [0, 0.05) is 11.6 Å². The maximum atomic E-state index is 14.1. The minimum absolute atomic E-state index is 0.262. The van der Waals surface area contributed by atoms with Crippen LogP contribution < -0.4 is 19.5 Å². The van der Waals surface area contributed by atoms with Crippen molar-refractivity contribution >= 4 is 33.3 Å².